The monoisotopic (exact) mass is 290 g/mol. The Morgan fingerprint density at radius 3 is 2.70 bits per heavy atom. The van der Waals surface area contributed by atoms with E-state index in [9.17, 15) is 5.11 Å². The summed E-state index contributed by atoms with van der Waals surface area (Å²) >= 11 is 5.99. The zero-order valence-electron chi connectivity index (χ0n) is 11.8. The van der Waals surface area contributed by atoms with Gasteiger partial charge in [0.25, 0.3) is 0 Å². The molecule has 0 aliphatic rings. The van der Waals surface area contributed by atoms with Crippen LogP contribution in [0.5, 0.6) is 0 Å². The smallest absolute Gasteiger partial charge is 0.0957 e. The highest BCUT2D eigenvalue weighted by Gasteiger charge is 2.08. The number of aliphatic hydroxyl groups excluding tert-OH is 1. The van der Waals surface area contributed by atoms with Gasteiger partial charge in [-0.3, -0.25) is 4.98 Å². The molecule has 4 heteroatoms. The molecule has 0 aliphatic carbocycles. The molecule has 0 saturated heterocycles. The van der Waals surface area contributed by atoms with Crippen LogP contribution in [0.4, 0.5) is 5.69 Å². The van der Waals surface area contributed by atoms with Gasteiger partial charge in [-0.2, -0.15) is 0 Å². The quantitative estimate of drug-likeness (QED) is 0.909. The molecule has 1 atom stereocenters. The van der Waals surface area contributed by atoms with Crippen LogP contribution in [0, 0.1) is 0 Å². The molecule has 106 valence electrons. The lowest BCUT2D eigenvalue weighted by Gasteiger charge is -2.19. The van der Waals surface area contributed by atoms with Crippen molar-refractivity contribution in [2.24, 2.45) is 0 Å². The number of benzene rings is 1. The summed E-state index contributed by atoms with van der Waals surface area (Å²) in [4.78, 5) is 6.41. The maximum atomic E-state index is 9.73. The van der Waals surface area contributed by atoms with Crippen molar-refractivity contribution in [3.63, 3.8) is 0 Å². The largest absolute Gasteiger partial charge is 0.387 e. The summed E-state index contributed by atoms with van der Waals surface area (Å²) in [5, 5.41) is 10.5. The summed E-state index contributed by atoms with van der Waals surface area (Å²) < 4.78 is 0. The Balaban J connectivity index is 2.07. The number of pyridine rings is 1. The van der Waals surface area contributed by atoms with Crippen LogP contribution in [0.1, 0.15) is 30.7 Å². The second-order valence-corrected chi connectivity index (χ2v) is 5.29. The van der Waals surface area contributed by atoms with Crippen molar-refractivity contribution in [2.75, 3.05) is 11.9 Å². The standard InChI is InChI=1S/C16H19ClN2O/c1-3-16(20)15-8-7-14(10-18-15)19(2)11-12-5-4-6-13(17)9-12/h4-10,16,20H,3,11H2,1-2H3/t16-/m0/s1. The molecule has 2 aromatic rings. The fourth-order valence-electron chi connectivity index (χ4n) is 2.03. The van der Waals surface area contributed by atoms with Crippen LogP contribution in [-0.2, 0) is 6.54 Å². The Morgan fingerprint density at radius 1 is 1.30 bits per heavy atom. The van der Waals surface area contributed by atoms with Crippen molar-refractivity contribution >= 4 is 17.3 Å². The van der Waals surface area contributed by atoms with E-state index in [1.54, 1.807) is 6.20 Å². The highest BCUT2D eigenvalue weighted by atomic mass is 35.5. The third kappa shape index (κ3) is 3.71. The van der Waals surface area contributed by atoms with Gasteiger partial charge in [-0.15, -0.1) is 0 Å². The summed E-state index contributed by atoms with van der Waals surface area (Å²) in [5.74, 6) is 0. The Labute approximate surface area is 124 Å². The maximum absolute atomic E-state index is 9.73. The van der Waals surface area contributed by atoms with E-state index >= 15 is 0 Å². The van der Waals surface area contributed by atoms with E-state index in [1.165, 1.54) is 0 Å². The first-order valence-electron chi connectivity index (χ1n) is 6.69. The van der Waals surface area contributed by atoms with E-state index in [2.05, 4.69) is 9.88 Å². The van der Waals surface area contributed by atoms with E-state index in [0.717, 1.165) is 22.8 Å². The van der Waals surface area contributed by atoms with Crippen molar-refractivity contribution in [1.82, 2.24) is 4.98 Å². The SMILES string of the molecule is CC[C@H](O)c1ccc(N(C)Cc2cccc(Cl)c2)cn1. The fraction of sp³-hybridized carbons (Fsp3) is 0.312. The van der Waals surface area contributed by atoms with Gasteiger partial charge in [0.15, 0.2) is 0 Å². The van der Waals surface area contributed by atoms with Crippen LogP contribution in [-0.4, -0.2) is 17.1 Å². The van der Waals surface area contributed by atoms with Crippen molar-refractivity contribution in [2.45, 2.75) is 26.0 Å². The molecular formula is C16H19ClN2O. The van der Waals surface area contributed by atoms with Gasteiger partial charge in [0.2, 0.25) is 0 Å². The predicted octanol–water partition coefficient (Wildman–Crippen LogP) is 3.81. The molecule has 2 rings (SSSR count). The van der Waals surface area contributed by atoms with Gasteiger partial charge in [0.05, 0.1) is 23.7 Å². The molecule has 1 aromatic carbocycles. The second kappa shape index (κ2) is 6.73. The number of halogens is 1. The summed E-state index contributed by atoms with van der Waals surface area (Å²) in [5.41, 5.74) is 2.88. The fourth-order valence-corrected chi connectivity index (χ4v) is 2.24. The summed E-state index contributed by atoms with van der Waals surface area (Å²) in [6.45, 7) is 2.70. The third-order valence-corrected chi connectivity index (χ3v) is 3.48. The number of hydrogen-bond acceptors (Lipinski definition) is 3. The number of aliphatic hydroxyl groups is 1. The average Bonchev–Trinajstić information content (AvgIpc) is 2.46. The average molecular weight is 291 g/mol. The lowest BCUT2D eigenvalue weighted by Crippen LogP contribution is -2.16. The molecule has 1 N–H and O–H groups in total. The first kappa shape index (κ1) is 14.8. The molecule has 0 amide bonds. The minimum absolute atomic E-state index is 0.484. The molecule has 1 aromatic heterocycles. The Morgan fingerprint density at radius 2 is 2.10 bits per heavy atom. The summed E-state index contributed by atoms with van der Waals surface area (Å²) in [6.07, 6.45) is 1.98. The highest BCUT2D eigenvalue weighted by Crippen LogP contribution is 2.20. The minimum atomic E-state index is -0.484. The third-order valence-electron chi connectivity index (χ3n) is 3.25. The molecule has 0 spiro atoms. The predicted molar refractivity (Wildman–Crippen MR) is 83.0 cm³/mol. The van der Waals surface area contributed by atoms with E-state index in [1.807, 2.05) is 50.4 Å². The van der Waals surface area contributed by atoms with Crippen molar-refractivity contribution < 1.29 is 5.11 Å². The van der Waals surface area contributed by atoms with Crippen molar-refractivity contribution in [1.29, 1.82) is 0 Å². The molecule has 3 nitrogen and oxygen atoms in total. The van der Waals surface area contributed by atoms with Crippen LogP contribution >= 0.6 is 11.6 Å². The molecule has 0 radical (unpaired) electrons. The van der Waals surface area contributed by atoms with Gasteiger partial charge in [-0.25, -0.2) is 0 Å². The zero-order valence-corrected chi connectivity index (χ0v) is 12.5. The van der Waals surface area contributed by atoms with Gasteiger partial charge in [0, 0.05) is 18.6 Å². The van der Waals surface area contributed by atoms with Gasteiger partial charge in [-0.1, -0.05) is 30.7 Å². The molecule has 0 fully saturated rings. The molecule has 0 aliphatic heterocycles. The second-order valence-electron chi connectivity index (χ2n) is 4.85. The Hall–Kier alpha value is -1.58. The summed E-state index contributed by atoms with van der Waals surface area (Å²) in [6, 6.07) is 11.7. The van der Waals surface area contributed by atoms with Crippen molar-refractivity contribution in [3.8, 4) is 0 Å². The van der Waals surface area contributed by atoms with Gasteiger partial charge >= 0.3 is 0 Å². The van der Waals surface area contributed by atoms with E-state index in [-0.39, 0.29) is 0 Å². The van der Waals surface area contributed by atoms with Crippen LogP contribution in [0.3, 0.4) is 0 Å². The zero-order chi connectivity index (χ0) is 14.5. The number of hydrogen-bond donors (Lipinski definition) is 1. The van der Waals surface area contributed by atoms with Gasteiger partial charge in [0.1, 0.15) is 0 Å². The normalized spacial score (nSPS) is 12.2. The Kier molecular flexibility index (Phi) is 4.99. The topological polar surface area (TPSA) is 36.4 Å². The molecular weight excluding hydrogens is 272 g/mol. The van der Waals surface area contributed by atoms with Crippen molar-refractivity contribution in [3.05, 3.63) is 58.9 Å². The number of anilines is 1. The van der Waals surface area contributed by atoms with E-state index in [0.29, 0.717) is 12.1 Å². The first-order chi connectivity index (χ1) is 9.60. The molecule has 0 unspecified atom stereocenters. The van der Waals surface area contributed by atoms with E-state index < -0.39 is 6.10 Å². The minimum Gasteiger partial charge on any atom is -0.387 e. The molecule has 0 saturated carbocycles. The van der Waals surface area contributed by atoms with Gasteiger partial charge < -0.3 is 10.0 Å². The van der Waals surface area contributed by atoms with E-state index in [4.69, 9.17) is 11.6 Å². The Bertz CT molecular complexity index is 557. The van der Waals surface area contributed by atoms with Crippen LogP contribution in [0.2, 0.25) is 5.02 Å². The highest BCUT2D eigenvalue weighted by molar-refractivity contribution is 6.30. The molecule has 20 heavy (non-hydrogen) atoms. The number of aromatic nitrogens is 1. The van der Waals surface area contributed by atoms with Crippen LogP contribution < -0.4 is 4.90 Å². The first-order valence-corrected chi connectivity index (χ1v) is 7.07. The number of rotatable bonds is 5. The lowest BCUT2D eigenvalue weighted by atomic mass is 10.1. The maximum Gasteiger partial charge on any atom is 0.0957 e. The molecule has 1 heterocycles. The lowest BCUT2D eigenvalue weighted by molar-refractivity contribution is 0.169. The molecule has 0 bridgehead atoms. The summed E-state index contributed by atoms with van der Waals surface area (Å²) in [7, 11) is 2.01. The number of nitrogens with zero attached hydrogens (tertiary/aromatic N) is 2. The van der Waals surface area contributed by atoms with Crippen LogP contribution in [0.25, 0.3) is 0 Å². The van der Waals surface area contributed by atoms with Crippen LogP contribution in [0.15, 0.2) is 42.6 Å². The van der Waals surface area contributed by atoms with Gasteiger partial charge in [-0.05, 0) is 36.2 Å².